The smallest absolute Gasteiger partial charge is 0.245 e. The highest BCUT2D eigenvalue weighted by atomic mass is 32.2. The van der Waals surface area contributed by atoms with E-state index in [1.54, 1.807) is 36.4 Å². The second-order valence-corrected chi connectivity index (χ2v) is 8.33. The third kappa shape index (κ3) is 2.70. The highest BCUT2D eigenvalue weighted by Gasteiger charge is 2.44. The Balaban J connectivity index is 1.70. The Hall–Kier alpha value is -2.03. The monoisotopic (exact) mass is 361 g/mol. The Morgan fingerprint density at radius 3 is 2.80 bits per heavy atom. The van der Waals surface area contributed by atoms with Gasteiger partial charge in [-0.25, -0.2) is 8.42 Å². The highest BCUT2D eigenvalue weighted by Crippen LogP contribution is 2.30. The average Bonchev–Trinajstić information content (AvgIpc) is 3.05. The number of para-hydroxylation sites is 1. The van der Waals surface area contributed by atoms with E-state index in [9.17, 15) is 13.2 Å². The number of piperazine rings is 1. The van der Waals surface area contributed by atoms with E-state index in [1.807, 2.05) is 12.1 Å². The predicted octanol–water partition coefficient (Wildman–Crippen LogP) is 0.855. The van der Waals surface area contributed by atoms with Gasteiger partial charge in [-0.05, 0) is 18.6 Å². The maximum Gasteiger partial charge on any atom is 0.245 e. The van der Waals surface area contributed by atoms with Crippen LogP contribution in [0.3, 0.4) is 0 Å². The van der Waals surface area contributed by atoms with Crippen molar-refractivity contribution in [2.24, 2.45) is 0 Å². The standard InChI is InChI=1S/C17H19N3O4S/c1-24-14-8-13-9-19(11-16(21)20(13)10-14)25(22,23)15-6-2-4-12-5-3-7-18-17(12)15/h2-7,13-14H,8-11H2,1H3/t13-,14-/m0/s1. The van der Waals surface area contributed by atoms with Crippen molar-refractivity contribution in [1.82, 2.24) is 14.2 Å². The molecule has 0 aliphatic carbocycles. The van der Waals surface area contributed by atoms with Gasteiger partial charge in [0, 0.05) is 37.8 Å². The van der Waals surface area contributed by atoms with Crippen molar-refractivity contribution in [3.8, 4) is 0 Å². The molecule has 4 rings (SSSR count). The third-order valence-electron chi connectivity index (χ3n) is 4.97. The van der Waals surface area contributed by atoms with Crippen LogP contribution in [0.15, 0.2) is 41.4 Å². The van der Waals surface area contributed by atoms with Gasteiger partial charge in [-0.15, -0.1) is 0 Å². The lowest BCUT2D eigenvalue weighted by Crippen LogP contribution is -2.55. The number of benzene rings is 1. The van der Waals surface area contributed by atoms with Crippen molar-refractivity contribution in [3.05, 3.63) is 36.5 Å². The quantitative estimate of drug-likeness (QED) is 0.810. The number of carbonyl (C=O) groups excluding carboxylic acids is 1. The van der Waals surface area contributed by atoms with Crippen LogP contribution in [0, 0.1) is 0 Å². The fourth-order valence-electron chi connectivity index (χ4n) is 3.67. The largest absolute Gasteiger partial charge is 0.380 e. The van der Waals surface area contributed by atoms with Crippen LogP contribution in [0.1, 0.15) is 6.42 Å². The molecule has 1 aromatic heterocycles. The molecule has 8 heteroatoms. The topological polar surface area (TPSA) is 79.8 Å². The van der Waals surface area contributed by atoms with Gasteiger partial charge in [-0.1, -0.05) is 18.2 Å². The normalized spacial score (nSPS) is 24.7. The van der Waals surface area contributed by atoms with Crippen LogP contribution < -0.4 is 0 Å². The lowest BCUT2D eigenvalue weighted by atomic mass is 10.2. The Kier molecular flexibility index (Phi) is 3.98. The molecule has 7 nitrogen and oxygen atoms in total. The highest BCUT2D eigenvalue weighted by molar-refractivity contribution is 7.89. The summed E-state index contributed by atoms with van der Waals surface area (Å²) >= 11 is 0. The van der Waals surface area contributed by atoms with E-state index < -0.39 is 10.0 Å². The number of hydrogen-bond donors (Lipinski definition) is 0. The minimum Gasteiger partial charge on any atom is -0.380 e. The first kappa shape index (κ1) is 16.4. The summed E-state index contributed by atoms with van der Waals surface area (Å²) in [5.74, 6) is -0.174. The molecular formula is C17H19N3O4S. The van der Waals surface area contributed by atoms with Crippen LogP contribution in [0.2, 0.25) is 0 Å². The van der Waals surface area contributed by atoms with E-state index in [4.69, 9.17) is 4.74 Å². The Bertz CT molecular complexity index is 925. The number of rotatable bonds is 3. The van der Waals surface area contributed by atoms with E-state index in [1.165, 1.54) is 4.31 Å². The van der Waals surface area contributed by atoms with E-state index in [-0.39, 0.29) is 36.0 Å². The number of pyridine rings is 1. The summed E-state index contributed by atoms with van der Waals surface area (Å²) in [7, 11) is -2.19. The molecule has 2 aromatic rings. The number of amides is 1. The number of methoxy groups -OCH3 is 1. The molecule has 2 saturated heterocycles. The molecule has 3 heterocycles. The zero-order valence-corrected chi connectivity index (χ0v) is 14.6. The average molecular weight is 361 g/mol. The summed E-state index contributed by atoms with van der Waals surface area (Å²) in [6, 6.07) is 8.53. The number of sulfonamides is 1. The van der Waals surface area contributed by atoms with E-state index >= 15 is 0 Å². The molecule has 2 aliphatic heterocycles. The van der Waals surface area contributed by atoms with Crippen LogP contribution in [0.5, 0.6) is 0 Å². The van der Waals surface area contributed by atoms with Crippen LogP contribution >= 0.6 is 0 Å². The van der Waals surface area contributed by atoms with E-state index in [2.05, 4.69) is 4.98 Å². The van der Waals surface area contributed by atoms with Gasteiger partial charge in [0.2, 0.25) is 15.9 Å². The lowest BCUT2D eigenvalue weighted by molar-refractivity contribution is -0.135. The van der Waals surface area contributed by atoms with Crippen LogP contribution in [0.25, 0.3) is 10.9 Å². The Morgan fingerprint density at radius 2 is 2.00 bits per heavy atom. The summed E-state index contributed by atoms with van der Waals surface area (Å²) in [6.07, 6.45) is 2.20. The van der Waals surface area contributed by atoms with E-state index in [0.717, 1.165) is 5.39 Å². The number of ether oxygens (including phenoxy) is 1. The summed E-state index contributed by atoms with van der Waals surface area (Å²) in [5, 5.41) is 0.758. The number of aromatic nitrogens is 1. The molecule has 0 bridgehead atoms. The van der Waals surface area contributed by atoms with Gasteiger partial charge in [0.1, 0.15) is 4.90 Å². The summed E-state index contributed by atoms with van der Waals surface area (Å²) < 4.78 is 33.0. The van der Waals surface area contributed by atoms with Crippen molar-refractivity contribution in [2.45, 2.75) is 23.5 Å². The zero-order valence-electron chi connectivity index (χ0n) is 13.8. The molecule has 1 amide bonds. The van der Waals surface area contributed by atoms with Crippen molar-refractivity contribution in [3.63, 3.8) is 0 Å². The van der Waals surface area contributed by atoms with Crippen molar-refractivity contribution >= 4 is 26.8 Å². The molecule has 2 fully saturated rings. The molecule has 0 saturated carbocycles. The maximum atomic E-state index is 13.2. The molecule has 0 unspecified atom stereocenters. The lowest BCUT2D eigenvalue weighted by Gasteiger charge is -2.36. The first-order valence-corrected chi connectivity index (χ1v) is 9.61. The maximum absolute atomic E-state index is 13.2. The number of nitrogens with zero attached hydrogens (tertiary/aromatic N) is 3. The van der Waals surface area contributed by atoms with Crippen molar-refractivity contribution in [2.75, 3.05) is 26.7 Å². The Labute approximate surface area is 146 Å². The zero-order chi connectivity index (χ0) is 17.6. The van der Waals surface area contributed by atoms with Gasteiger partial charge in [-0.3, -0.25) is 9.78 Å². The molecule has 2 aliphatic rings. The van der Waals surface area contributed by atoms with Gasteiger partial charge in [-0.2, -0.15) is 4.31 Å². The molecule has 0 spiro atoms. The summed E-state index contributed by atoms with van der Waals surface area (Å²) in [6.45, 7) is 0.680. The van der Waals surface area contributed by atoms with Gasteiger partial charge >= 0.3 is 0 Å². The second-order valence-electron chi connectivity index (χ2n) is 6.42. The molecule has 1 aromatic carbocycles. The number of carbonyl (C=O) groups is 1. The van der Waals surface area contributed by atoms with Crippen molar-refractivity contribution < 1.29 is 17.9 Å². The third-order valence-corrected chi connectivity index (χ3v) is 6.81. The fraction of sp³-hybridized carbons (Fsp3) is 0.412. The fourth-order valence-corrected chi connectivity index (χ4v) is 5.26. The first-order chi connectivity index (χ1) is 12.0. The van der Waals surface area contributed by atoms with Crippen LogP contribution in [0.4, 0.5) is 0 Å². The van der Waals surface area contributed by atoms with Gasteiger partial charge < -0.3 is 9.64 Å². The summed E-state index contributed by atoms with van der Waals surface area (Å²) in [5.41, 5.74) is 0.432. The van der Waals surface area contributed by atoms with Gasteiger partial charge in [0.15, 0.2) is 0 Å². The second kappa shape index (κ2) is 6.05. The number of hydrogen-bond acceptors (Lipinski definition) is 5. The van der Waals surface area contributed by atoms with Crippen molar-refractivity contribution in [1.29, 1.82) is 0 Å². The van der Waals surface area contributed by atoms with E-state index in [0.29, 0.717) is 18.5 Å². The first-order valence-electron chi connectivity index (χ1n) is 8.17. The Morgan fingerprint density at radius 1 is 1.20 bits per heavy atom. The van der Waals surface area contributed by atoms with Crippen LogP contribution in [-0.2, 0) is 19.6 Å². The molecule has 132 valence electrons. The SMILES string of the molecule is CO[C@H]1C[C@H]2CN(S(=O)(=O)c3cccc4cccnc34)CC(=O)N2C1. The minimum absolute atomic E-state index is 0.0316. The molecular weight excluding hydrogens is 342 g/mol. The number of fused-ring (bicyclic) bond motifs is 2. The summed E-state index contributed by atoms with van der Waals surface area (Å²) in [4.78, 5) is 18.6. The molecule has 2 atom stereocenters. The van der Waals surface area contributed by atoms with Gasteiger partial charge in [0.25, 0.3) is 0 Å². The molecule has 0 radical (unpaired) electrons. The van der Waals surface area contributed by atoms with Gasteiger partial charge in [0.05, 0.1) is 18.2 Å². The minimum atomic E-state index is -3.80. The predicted molar refractivity (Wildman–Crippen MR) is 91.4 cm³/mol. The molecule has 25 heavy (non-hydrogen) atoms. The molecule has 0 N–H and O–H groups in total. The van der Waals surface area contributed by atoms with Crippen LogP contribution in [-0.4, -0.2) is 67.4 Å².